The van der Waals surface area contributed by atoms with Crippen molar-refractivity contribution in [3.05, 3.63) is 45.3 Å². The Morgan fingerprint density at radius 3 is 2.86 bits per heavy atom. The van der Waals surface area contributed by atoms with Crippen molar-refractivity contribution in [3.63, 3.8) is 0 Å². The summed E-state index contributed by atoms with van der Waals surface area (Å²) in [5, 5.41) is 0.816. The molecule has 0 radical (unpaired) electrons. The van der Waals surface area contributed by atoms with Crippen LogP contribution in [-0.2, 0) is 33.8 Å². The molecule has 3 heterocycles. The monoisotopic (exact) mass is 399 g/mol. The molecule has 3 aliphatic rings. The van der Waals surface area contributed by atoms with Crippen LogP contribution in [0.4, 0.5) is 0 Å². The lowest BCUT2D eigenvalue weighted by atomic mass is 10.0. The van der Waals surface area contributed by atoms with Crippen molar-refractivity contribution in [1.82, 2.24) is 4.90 Å². The number of aryl methyl sites for hydroxylation is 2. The van der Waals surface area contributed by atoms with E-state index in [0.717, 1.165) is 31.1 Å². The van der Waals surface area contributed by atoms with Crippen LogP contribution in [0.5, 0.6) is 0 Å². The molecule has 28 heavy (non-hydrogen) atoms. The van der Waals surface area contributed by atoms with Crippen LogP contribution in [0.25, 0.3) is 11.0 Å². The molecule has 2 saturated heterocycles. The number of carbonyl (C=O) groups excluding carboxylic acids is 2. The fourth-order valence-electron chi connectivity index (χ4n) is 4.65. The Kier molecular flexibility index (Phi) is 4.05. The molecule has 1 aromatic carbocycles. The summed E-state index contributed by atoms with van der Waals surface area (Å²) in [4.78, 5) is 38.3. The Bertz CT molecular complexity index is 1060. The van der Waals surface area contributed by atoms with E-state index >= 15 is 0 Å². The second kappa shape index (κ2) is 6.37. The van der Waals surface area contributed by atoms with Gasteiger partial charge in [0.2, 0.25) is 5.91 Å². The Labute approximate surface area is 166 Å². The van der Waals surface area contributed by atoms with Gasteiger partial charge in [0.05, 0.1) is 4.87 Å². The summed E-state index contributed by atoms with van der Waals surface area (Å²) < 4.78 is 10.9. The maximum Gasteiger partial charge on any atom is 0.336 e. The number of esters is 1. The highest BCUT2D eigenvalue weighted by Gasteiger charge is 2.53. The third-order valence-electron chi connectivity index (χ3n) is 6.13. The topological polar surface area (TPSA) is 76.8 Å². The third kappa shape index (κ3) is 2.75. The highest BCUT2D eigenvalue weighted by molar-refractivity contribution is 8.01. The maximum absolute atomic E-state index is 12.7. The zero-order valence-electron chi connectivity index (χ0n) is 15.7. The van der Waals surface area contributed by atoms with Crippen LogP contribution < -0.4 is 5.63 Å². The number of amides is 1. The molecule has 2 aromatic rings. The number of carbonyl (C=O) groups is 2. The molecule has 146 valence electrons. The number of benzene rings is 1. The van der Waals surface area contributed by atoms with Crippen LogP contribution in [0.3, 0.4) is 0 Å². The van der Waals surface area contributed by atoms with Gasteiger partial charge in [-0.3, -0.25) is 4.79 Å². The Hall–Kier alpha value is -2.28. The van der Waals surface area contributed by atoms with E-state index in [1.165, 1.54) is 17.2 Å². The van der Waals surface area contributed by atoms with Crippen LogP contribution in [-0.4, -0.2) is 33.4 Å². The first-order valence-corrected chi connectivity index (χ1v) is 10.6. The molecule has 6 nitrogen and oxygen atoms in total. The first-order chi connectivity index (χ1) is 13.4. The van der Waals surface area contributed by atoms with Crippen LogP contribution in [0.1, 0.15) is 42.9 Å². The van der Waals surface area contributed by atoms with E-state index in [4.69, 9.17) is 9.15 Å². The molecule has 1 amide bonds. The third-order valence-corrected chi connectivity index (χ3v) is 7.63. The number of ether oxygens (including phenoxy) is 1. The first kappa shape index (κ1) is 17.8. The lowest BCUT2D eigenvalue weighted by Gasteiger charge is -2.29. The maximum atomic E-state index is 12.7. The average Bonchev–Trinajstić information content (AvgIpc) is 3.33. The van der Waals surface area contributed by atoms with Crippen LogP contribution in [0, 0.1) is 0 Å². The number of hydrogen-bond donors (Lipinski definition) is 0. The summed E-state index contributed by atoms with van der Waals surface area (Å²) in [7, 11) is 0. The standard InChI is InChI=1S/C21H21NO5S/c1-21-6-5-18(23)22(21)16(11-28-21)20(25)26-10-14-9-19(24)27-17-8-13-4-2-3-12(13)7-15(14)17/h7-9,16H,2-6,10-11H2,1H3/t16-,21+/m1/s1. The summed E-state index contributed by atoms with van der Waals surface area (Å²) in [5.74, 6) is 0.150. The average molecular weight is 399 g/mol. The van der Waals surface area contributed by atoms with E-state index in [9.17, 15) is 14.4 Å². The lowest BCUT2D eigenvalue weighted by Crippen LogP contribution is -2.46. The Balaban J connectivity index is 1.40. The zero-order chi connectivity index (χ0) is 19.5. The number of rotatable bonds is 3. The normalized spacial score (nSPS) is 26.0. The molecule has 0 spiro atoms. The molecule has 2 fully saturated rings. The summed E-state index contributed by atoms with van der Waals surface area (Å²) in [6, 6.07) is 4.83. The van der Waals surface area contributed by atoms with Gasteiger partial charge in [0.1, 0.15) is 18.2 Å². The number of nitrogens with zero attached hydrogens (tertiary/aromatic N) is 1. The molecule has 7 heteroatoms. The quantitative estimate of drug-likeness (QED) is 0.584. The van der Waals surface area contributed by atoms with Crippen molar-refractivity contribution < 1.29 is 18.7 Å². The fourth-order valence-corrected chi connectivity index (χ4v) is 6.07. The predicted octanol–water partition coefficient (Wildman–Crippen LogP) is 2.78. The van der Waals surface area contributed by atoms with Gasteiger partial charge < -0.3 is 14.1 Å². The van der Waals surface area contributed by atoms with Crippen molar-refractivity contribution in [2.45, 2.75) is 56.5 Å². The van der Waals surface area contributed by atoms with E-state index in [-0.39, 0.29) is 17.4 Å². The van der Waals surface area contributed by atoms with Gasteiger partial charge >= 0.3 is 11.6 Å². The van der Waals surface area contributed by atoms with E-state index in [2.05, 4.69) is 6.07 Å². The number of hydrogen-bond acceptors (Lipinski definition) is 6. The second-order valence-corrected chi connectivity index (χ2v) is 9.44. The minimum Gasteiger partial charge on any atom is -0.459 e. The van der Waals surface area contributed by atoms with Gasteiger partial charge in [-0.05, 0) is 55.9 Å². The van der Waals surface area contributed by atoms with Gasteiger partial charge in [0.25, 0.3) is 0 Å². The predicted molar refractivity (Wildman–Crippen MR) is 105 cm³/mol. The summed E-state index contributed by atoms with van der Waals surface area (Å²) in [6.07, 6.45) is 4.34. The summed E-state index contributed by atoms with van der Waals surface area (Å²) in [5.41, 5.74) is 3.22. The van der Waals surface area contributed by atoms with E-state index < -0.39 is 17.6 Å². The molecule has 0 saturated carbocycles. The van der Waals surface area contributed by atoms with Crippen molar-refractivity contribution in [3.8, 4) is 0 Å². The molecular weight excluding hydrogens is 378 g/mol. The Morgan fingerprint density at radius 2 is 2.04 bits per heavy atom. The molecule has 2 aliphatic heterocycles. The SMILES string of the molecule is C[C@]12CCC(=O)N1[C@@H](C(=O)OCc1cc(=O)oc3cc4c(cc13)CCC4)CS2. The van der Waals surface area contributed by atoms with Crippen molar-refractivity contribution in [2.75, 3.05) is 5.75 Å². The second-order valence-electron chi connectivity index (χ2n) is 7.93. The fraction of sp³-hybridized carbons (Fsp3) is 0.476. The molecule has 0 unspecified atom stereocenters. The van der Waals surface area contributed by atoms with E-state index in [1.54, 1.807) is 16.7 Å². The zero-order valence-corrected chi connectivity index (χ0v) is 16.5. The van der Waals surface area contributed by atoms with Gasteiger partial charge in [-0.2, -0.15) is 0 Å². The molecular formula is C21H21NO5S. The molecule has 0 N–H and O–H groups in total. The molecule has 1 aromatic heterocycles. The number of thioether (sulfide) groups is 1. The molecule has 0 bridgehead atoms. The van der Waals surface area contributed by atoms with Crippen molar-refractivity contribution >= 4 is 34.6 Å². The van der Waals surface area contributed by atoms with E-state index in [0.29, 0.717) is 23.3 Å². The van der Waals surface area contributed by atoms with Crippen molar-refractivity contribution in [2.24, 2.45) is 0 Å². The van der Waals surface area contributed by atoms with Gasteiger partial charge in [-0.25, -0.2) is 9.59 Å². The van der Waals surface area contributed by atoms with Gasteiger partial charge in [-0.15, -0.1) is 11.8 Å². The first-order valence-electron chi connectivity index (χ1n) is 9.66. The highest BCUT2D eigenvalue weighted by atomic mass is 32.2. The number of fused-ring (bicyclic) bond motifs is 3. The van der Waals surface area contributed by atoms with Gasteiger partial charge in [0, 0.05) is 29.2 Å². The molecule has 2 atom stereocenters. The summed E-state index contributed by atoms with van der Waals surface area (Å²) in [6.45, 7) is 2.01. The minimum absolute atomic E-state index is 0.000366. The smallest absolute Gasteiger partial charge is 0.336 e. The van der Waals surface area contributed by atoms with Gasteiger partial charge in [0.15, 0.2) is 0 Å². The Morgan fingerprint density at radius 1 is 1.25 bits per heavy atom. The van der Waals surface area contributed by atoms with Gasteiger partial charge in [-0.1, -0.05) is 0 Å². The van der Waals surface area contributed by atoms with Crippen molar-refractivity contribution in [1.29, 1.82) is 0 Å². The summed E-state index contributed by atoms with van der Waals surface area (Å²) >= 11 is 1.63. The van der Waals surface area contributed by atoms with Crippen LogP contribution in [0.2, 0.25) is 0 Å². The highest BCUT2D eigenvalue weighted by Crippen LogP contribution is 2.47. The largest absolute Gasteiger partial charge is 0.459 e. The molecule has 5 rings (SSSR count). The van der Waals surface area contributed by atoms with Crippen LogP contribution in [0.15, 0.2) is 27.4 Å². The van der Waals surface area contributed by atoms with E-state index in [1.807, 2.05) is 13.0 Å². The molecule has 1 aliphatic carbocycles. The lowest BCUT2D eigenvalue weighted by molar-refractivity contribution is -0.154. The minimum atomic E-state index is -0.555. The van der Waals surface area contributed by atoms with Crippen LogP contribution >= 0.6 is 11.8 Å².